The average molecular weight is 283 g/mol. The van der Waals surface area contributed by atoms with E-state index in [1.54, 1.807) is 6.20 Å². The molecule has 0 aromatic carbocycles. The summed E-state index contributed by atoms with van der Waals surface area (Å²) in [7, 11) is 0. The first-order chi connectivity index (χ1) is 9.51. The third-order valence-electron chi connectivity index (χ3n) is 2.93. The zero-order valence-electron chi connectivity index (χ0n) is 11.9. The van der Waals surface area contributed by atoms with Crippen LogP contribution in [0.15, 0.2) is 12.4 Å². The Balaban J connectivity index is 2.35. The largest absolute Gasteiger partial charge is 0.355 e. The van der Waals surface area contributed by atoms with Crippen molar-refractivity contribution in [1.29, 1.82) is 0 Å². The summed E-state index contributed by atoms with van der Waals surface area (Å²) in [5, 5.41) is 3.92. The zero-order chi connectivity index (χ0) is 14.7. The maximum atomic E-state index is 12.5. The normalized spacial score (nSPS) is 11.8. The second kappa shape index (κ2) is 6.11. The van der Waals surface area contributed by atoms with Gasteiger partial charge >= 0.3 is 0 Å². The van der Waals surface area contributed by atoms with Crippen molar-refractivity contribution < 1.29 is 8.78 Å². The number of rotatable bonds is 6. The molecule has 0 saturated heterocycles. The maximum absolute atomic E-state index is 12.5. The number of halogens is 2. The minimum atomic E-state index is -2.46. The molecule has 2 aromatic heterocycles. The second-order valence-corrected chi connectivity index (χ2v) is 5.09. The van der Waals surface area contributed by atoms with Gasteiger partial charge < -0.3 is 4.90 Å². The van der Waals surface area contributed by atoms with E-state index < -0.39 is 13.0 Å². The van der Waals surface area contributed by atoms with Gasteiger partial charge in [-0.05, 0) is 12.8 Å². The van der Waals surface area contributed by atoms with Gasteiger partial charge in [-0.2, -0.15) is 5.10 Å². The molecule has 0 bridgehead atoms. The molecular weight excluding hydrogens is 264 g/mol. The molecule has 7 heteroatoms. The van der Waals surface area contributed by atoms with Gasteiger partial charge in [0.25, 0.3) is 6.43 Å². The summed E-state index contributed by atoms with van der Waals surface area (Å²) >= 11 is 0. The van der Waals surface area contributed by atoms with Crippen LogP contribution in [0.5, 0.6) is 0 Å². The van der Waals surface area contributed by atoms with Gasteiger partial charge in [0.15, 0.2) is 5.65 Å². The van der Waals surface area contributed by atoms with E-state index in [-0.39, 0.29) is 0 Å². The molecule has 0 aliphatic rings. The number of hydrogen-bond donors (Lipinski definition) is 0. The third kappa shape index (κ3) is 3.20. The summed E-state index contributed by atoms with van der Waals surface area (Å²) in [4.78, 5) is 10.8. The molecule has 0 atom stereocenters. The molecule has 0 radical (unpaired) electrons. The Morgan fingerprint density at radius 3 is 2.65 bits per heavy atom. The first-order valence-corrected chi connectivity index (χ1v) is 6.73. The monoisotopic (exact) mass is 283 g/mol. The Bertz CT molecular complexity index is 567. The van der Waals surface area contributed by atoms with Crippen molar-refractivity contribution in [2.45, 2.75) is 33.7 Å². The highest BCUT2D eigenvalue weighted by molar-refractivity contribution is 5.71. The summed E-state index contributed by atoms with van der Waals surface area (Å²) in [6.45, 7) is 7.45. The fourth-order valence-corrected chi connectivity index (χ4v) is 2.08. The van der Waals surface area contributed by atoms with E-state index in [1.807, 2.05) is 6.92 Å². The molecule has 0 spiro atoms. The van der Waals surface area contributed by atoms with E-state index in [0.717, 1.165) is 13.1 Å². The van der Waals surface area contributed by atoms with E-state index >= 15 is 0 Å². The van der Waals surface area contributed by atoms with Crippen molar-refractivity contribution in [1.82, 2.24) is 19.7 Å². The molecule has 0 fully saturated rings. The molecule has 110 valence electrons. The fraction of sp³-hybridized carbons (Fsp3) is 0.615. The number of alkyl halides is 2. The highest BCUT2D eigenvalue weighted by Crippen LogP contribution is 2.17. The second-order valence-electron chi connectivity index (χ2n) is 5.09. The fourth-order valence-electron chi connectivity index (χ4n) is 2.08. The van der Waals surface area contributed by atoms with Crippen LogP contribution in [0.1, 0.15) is 20.8 Å². The lowest BCUT2D eigenvalue weighted by molar-refractivity contribution is 0.123. The van der Waals surface area contributed by atoms with Crippen LogP contribution in [0.2, 0.25) is 0 Å². The highest BCUT2D eigenvalue weighted by atomic mass is 19.3. The molecule has 2 heterocycles. The molecule has 2 aromatic rings. The SMILES string of the molecule is CCN(CC(C)C)c1cnc2cnn(CC(F)F)c2n1. The number of nitrogens with zero attached hydrogens (tertiary/aromatic N) is 5. The van der Waals surface area contributed by atoms with Crippen LogP contribution in [0.4, 0.5) is 14.6 Å². The smallest absolute Gasteiger partial charge is 0.258 e. The van der Waals surface area contributed by atoms with Crippen LogP contribution in [0.3, 0.4) is 0 Å². The Hall–Kier alpha value is -1.79. The standard InChI is InChI=1S/C13H19F2N5/c1-4-19(7-9(2)3)12-6-16-10-5-17-20(8-11(14)15)13(10)18-12/h5-6,9,11H,4,7-8H2,1-3H3. The van der Waals surface area contributed by atoms with Gasteiger partial charge in [-0.15, -0.1) is 0 Å². The molecule has 20 heavy (non-hydrogen) atoms. The van der Waals surface area contributed by atoms with Crippen molar-refractivity contribution in [2.24, 2.45) is 5.92 Å². The van der Waals surface area contributed by atoms with Gasteiger partial charge in [0.2, 0.25) is 0 Å². The quantitative estimate of drug-likeness (QED) is 0.817. The van der Waals surface area contributed by atoms with Gasteiger partial charge in [-0.3, -0.25) is 0 Å². The summed E-state index contributed by atoms with van der Waals surface area (Å²) < 4.78 is 26.2. The van der Waals surface area contributed by atoms with Gasteiger partial charge in [0.1, 0.15) is 17.9 Å². The topological polar surface area (TPSA) is 46.8 Å². The van der Waals surface area contributed by atoms with Gasteiger partial charge in [0, 0.05) is 13.1 Å². The minimum absolute atomic E-state index is 0.407. The van der Waals surface area contributed by atoms with Crippen molar-refractivity contribution >= 4 is 17.0 Å². The van der Waals surface area contributed by atoms with Crippen LogP contribution in [0.25, 0.3) is 11.2 Å². The minimum Gasteiger partial charge on any atom is -0.355 e. The van der Waals surface area contributed by atoms with Crippen LogP contribution in [0, 0.1) is 5.92 Å². The first-order valence-electron chi connectivity index (χ1n) is 6.73. The van der Waals surface area contributed by atoms with E-state index in [2.05, 4.69) is 33.8 Å². The molecule has 0 unspecified atom stereocenters. The number of fused-ring (bicyclic) bond motifs is 1. The van der Waals surface area contributed by atoms with Gasteiger partial charge in [0.05, 0.1) is 12.4 Å². The Morgan fingerprint density at radius 1 is 1.30 bits per heavy atom. The molecular formula is C13H19F2N5. The summed E-state index contributed by atoms with van der Waals surface area (Å²) in [5.74, 6) is 1.18. The zero-order valence-corrected chi connectivity index (χ0v) is 11.9. The summed E-state index contributed by atoms with van der Waals surface area (Å²) in [6.07, 6.45) is 0.678. The molecule has 5 nitrogen and oxygen atoms in total. The van der Waals surface area contributed by atoms with Crippen molar-refractivity contribution in [3.8, 4) is 0 Å². The van der Waals surface area contributed by atoms with E-state index in [9.17, 15) is 8.78 Å². The predicted octanol–water partition coefficient (Wildman–Crippen LogP) is 2.57. The van der Waals surface area contributed by atoms with Crippen molar-refractivity contribution in [3.05, 3.63) is 12.4 Å². The first kappa shape index (κ1) is 14.6. The van der Waals surface area contributed by atoms with Gasteiger partial charge in [-0.1, -0.05) is 13.8 Å². The van der Waals surface area contributed by atoms with Crippen LogP contribution in [-0.2, 0) is 6.54 Å². The summed E-state index contributed by atoms with van der Waals surface area (Å²) in [6, 6.07) is 0. The molecule has 0 aliphatic heterocycles. The Labute approximate surface area is 116 Å². The van der Waals surface area contributed by atoms with Crippen molar-refractivity contribution in [3.63, 3.8) is 0 Å². The lowest BCUT2D eigenvalue weighted by Crippen LogP contribution is -2.28. The molecule has 2 rings (SSSR count). The van der Waals surface area contributed by atoms with Crippen LogP contribution >= 0.6 is 0 Å². The third-order valence-corrected chi connectivity index (χ3v) is 2.93. The van der Waals surface area contributed by atoms with Crippen molar-refractivity contribution in [2.75, 3.05) is 18.0 Å². The average Bonchev–Trinajstić information content (AvgIpc) is 2.77. The molecule has 0 saturated carbocycles. The molecule has 0 N–H and O–H groups in total. The number of aromatic nitrogens is 4. The Morgan fingerprint density at radius 2 is 2.05 bits per heavy atom. The number of hydrogen-bond acceptors (Lipinski definition) is 4. The van der Waals surface area contributed by atoms with E-state index in [0.29, 0.717) is 22.9 Å². The lowest BCUT2D eigenvalue weighted by atomic mass is 10.2. The van der Waals surface area contributed by atoms with Crippen LogP contribution in [-0.4, -0.2) is 39.3 Å². The maximum Gasteiger partial charge on any atom is 0.258 e. The van der Waals surface area contributed by atoms with Gasteiger partial charge in [-0.25, -0.2) is 23.4 Å². The number of anilines is 1. The summed E-state index contributed by atoms with van der Waals surface area (Å²) in [5.41, 5.74) is 0.944. The predicted molar refractivity (Wildman–Crippen MR) is 74.1 cm³/mol. The van der Waals surface area contributed by atoms with Crippen LogP contribution < -0.4 is 4.90 Å². The molecule has 0 amide bonds. The molecule has 0 aliphatic carbocycles. The lowest BCUT2D eigenvalue weighted by Gasteiger charge is -2.23. The van der Waals surface area contributed by atoms with E-state index in [1.165, 1.54) is 10.9 Å². The Kier molecular flexibility index (Phi) is 4.46. The highest BCUT2D eigenvalue weighted by Gasteiger charge is 2.14. The van der Waals surface area contributed by atoms with E-state index in [4.69, 9.17) is 0 Å².